The Balaban J connectivity index is 0.000000369. The normalized spacial score (nSPS) is 25.9. The molecule has 12 fully saturated rings. The summed E-state index contributed by atoms with van der Waals surface area (Å²) in [6.07, 6.45) is 14.4. The summed E-state index contributed by atoms with van der Waals surface area (Å²) < 4.78 is 8.10. The molecule has 12 saturated heterocycles. The molecule has 480 valence electrons. The van der Waals surface area contributed by atoms with Gasteiger partial charge in [0.1, 0.15) is 0 Å². The monoisotopic (exact) mass is 1840 g/mol. The van der Waals surface area contributed by atoms with Gasteiger partial charge in [0.25, 0.3) is 0 Å². The number of unbranched alkanes of at least 4 members (excludes halogenated alkanes) is 4. The number of nitrogens with two attached hydrogens (primary N) is 4. The summed E-state index contributed by atoms with van der Waals surface area (Å²) in [5, 5.41) is 19.5. The highest BCUT2D eigenvalue weighted by molar-refractivity contribution is 14.1. The third-order valence-corrected chi connectivity index (χ3v) is 20.2. The van der Waals surface area contributed by atoms with Gasteiger partial charge in [-0.1, -0.05) is 135 Å². The van der Waals surface area contributed by atoms with Gasteiger partial charge in [-0.3, -0.25) is 29.9 Å². The van der Waals surface area contributed by atoms with Gasteiger partial charge < -0.3 is 119 Å². The molecular formula is C60H108I6N18. The quantitative estimate of drug-likeness (QED) is 0.0119. The second-order valence-electron chi connectivity index (χ2n) is 23.5. The van der Waals surface area contributed by atoms with E-state index in [1.54, 1.807) is 0 Å². The zero-order chi connectivity index (χ0) is 57.9. The predicted molar refractivity (Wildman–Crippen MR) is 365 cm³/mol. The number of hydrogen-bond donors (Lipinski definition) is 6. The van der Waals surface area contributed by atoms with Crippen molar-refractivity contribution in [3.8, 4) is 6.19 Å². The van der Waals surface area contributed by atoms with Crippen LogP contribution in [-0.4, -0.2) is 277 Å². The lowest BCUT2D eigenvalue weighted by Crippen LogP contribution is -3.00. The average molecular weight is 1840 g/mol. The van der Waals surface area contributed by atoms with Crippen LogP contribution in [0.15, 0.2) is 70.6 Å². The van der Waals surface area contributed by atoms with Crippen LogP contribution in [0.3, 0.4) is 0 Å². The van der Waals surface area contributed by atoms with E-state index >= 15 is 0 Å². The molecule has 0 saturated carbocycles. The van der Waals surface area contributed by atoms with Crippen molar-refractivity contribution in [3.63, 3.8) is 0 Å². The molecule has 0 amide bonds. The number of alkyl halides is 3. The maximum Gasteiger partial charge on any atom is 0.221 e. The molecule has 18 nitrogen and oxygen atoms in total. The minimum Gasteiger partial charge on any atom is -1.00 e. The van der Waals surface area contributed by atoms with Crippen LogP contribution in [0.1, 0.15) is 62.5 Å². The Morgan fingerprint density at radius 1 is 0.476 bits per heavy atom. The first-order valence-corrected chi connectivity index (χ1v) is 35.5. The van der Waals surface area contributed by atoms with Gasteiger partial charge in [0.05, 0.1) is 78.5 Å². The number of benzene rings is 2. The molecule has 0 atom stereocenters. The van der Waals surface area contributed by atoms with E-state index in [0.717, 1.165) is 38.9 Å². The minimum atomic E-state index is -0.197. The Morgan fingerprint density at radius 3 is 1.18 bits per heavy atom. The molecule has 24 heteroatoms. The number of quaternary nitrogens is 3. The summed E-state index contributed by atoms with van der Waals surface area (Å²) in [5.74, 6) is -0.0735. The molecule has 0 spiro atoms. The third-order valence-electron chi connectivity index (χ3n) is 18.0. The zero-order valence-corrected chi connectivity index (χ0v) is 63.8. The number of nitrogens with one attached hydrogen (secondary N) is 2. The fourth-order valence-electron chi connectivity index (χ4n) is 12.4. The molecule has 10 N–H and O–H groups in total. The molecule has 0 unspecified atom stereocenters. The molecule has 12 aliphatic rings. The van der Waals surface area contributed by atoms with Crippen LogP contribution in [0, 0.1) is 16.9 Å². The molecule has 0 radical (unpaired) electrons. The first-order chi connectivity index (χ1) is 39.4. The first kappa shape index (κ1) is 80.1. The van der Waals surface area contributed by atoms with Gasteiger partial charge in [0, 0.05) is 131 Å². The highest BCUT2D eigenvalue weighted by atomic mass is 127. The summed E-state index contributed by atoms with van der Waals surface area (Å²) in [5.41, 5.74) is 23.1. The molecule has 2 aromatic rings. The first-order valence-electron chi connectivity index (χ1n) is 31.0. The fraction of sp³-hybridized carbons (Fsp3) is 0.733. The highest BCUT2D eigenvalue weighted by Gasteiger charge is 2.40. The van der Waals surface area contributed by atoms with Gasteiger partial charge in [0.15, 0.2) is 5.96 Å². The van der Waals surface area contributed by atoms with Crippen LogP contribution in [-0.2, 0) is 12.8 Å². The van der Waals surface area contributed by atoms with E-state index < -0.39 is 0 Å². The lowest BCUT2D eigenvalue weighted by molar-refractivity contribution is -0.941. The Hall–Kier alpha value is -0.0400. The van der Waals surface area contributed by atoms with Gasteiger partial charge in [-0.15, -0.1) is 4.99 Å². The standard InChI is InChI=1S/C19H32N7.C17H28N3.C11H22IN2.C6H12N2.C5H10I2.C2H4N4.3HI/c20-18(21)23-19(22)25(9-7-17-5-2-1-3-6-17)8-4-13-26-14-10-24(11-15-26)12-16-26;1-2-5-17(6-3-1)7-9-18-8-4-13-20-14-10-19(11-15-20)12-16-20;12-4-2-1-3-8-14-9-5-13(6-10-14)7-11-14;1-2-8-5-3-7(1)4-6-8;6-4-2-1-3-5-7;3-1-6-2(4)5;;;/h1-3,5-6H,4,7-16H2,(H5,20,21,22,23);1-3,5-6,18H,4,7-16H2;1-11H2;1-6H2;1-5H2;(H4,4,5,6);3*1H/q3*+1;;;;;;/p-3. The van der Waals surface area contributed by atoms with Crippen molar-refractivity contribution in [2.24, 2.45) is 32.9 Å². The number of hydrogen-bond acceptors (Lipinski definition) is 9. The van der Waals surface area contributed by atoms with Gasteiger partial charge in [0.2, 0.25) is 18.1 Å². The second kappa shape index (κ2) is 46.9. The fourth-order valence-corrected chi connectivity index (χ4v) is 14.0. The van der Waals surface area contributed by atoms with Crippen molar-refractivity contribution in [2.45, 2.75) is 64.2 Å². The SMILES string of the molecule is C1CN2CCN1CC2.ICCCCCI.ICCCCC[N+]12CCN(CC1)CC2.N#CN=C(N)N.N=C(N=C(N)N)N(CCC[N+]12CCN(CC1)CC2)CCc1ccccc1.[I-].[I-].[I-].c1ccc(CCNCCC[N+]23CCN(CC2)CC3)cc1. The topological polar surface area (TPSA) is 208 Å². The number of rotatable bonds is 23. The van der Waals surface area contributed by atoms with Crippen LogP contribution < -0.4 is 100 Å². The van der Waals surface area contributed by atoms with E-state index in [1.807, 2.05) is 23.1 Å². The van der Waals surface area contributed by atoms with E-state index in [4.69, 9.17) is 33.6 Å². The van der Waals surface area contributed by atoms with Crippen LogP contribution in [0.2, 0.25) is 0 Å². The largest absolute Gasteiger partial charge is 1.00 e. The van der Waals surface area contributed by atoms with E-state index in [9.17, 15) is 0 Å². The molecular weight excluding hydrogens is 1730 g/mol. The maximum atomic E-state index is 8.23. The van der Waals surface area contributed by atoms with E-state index in [-0.39, 0.29) is 89.8 Å². The van der Waals surface area contributed by atoms with Gasteiger partial charge >= 0.3 is 0 Å². The van der Waals surface area contributed by atoms with Crippen LogP contribution in [0.25, 0.3) is 0 Å². The maximum absolute atomic E-state index is 8.23. The van der Waals surface area contributed by atoms with Crippen molar-refractivity contribution < 1.29 is 85.4 Å². The summed E-state index contributed by atoms with van der Waals surface area (Å²) in [6.45, 7) is 39.9. The summed E-state index contributed by atoms with van der Waals surface area (Å²) in [7, 11) is 0. The number of piperazine rings is 12. The number of nitriles is 1. The zero-order valence-electron chi connectivity index (χ0n) is 50.8. The van der Waals surface area contributed by atoms with E-state index in [0.29, 0.717) is 0 Å². The van der Waals surface area contributed by atoms with Crippen LogP contribution in [0.4, 0.5) is 0 Å². The molecule has 12 aliphatic heterocycles. The third kappa shape index (κ3) is 32.3. The molecule has 2 aromatic carbocycles. The van der Waals surface area contributed by atoms with E-state index in [2.05, 4.69) is 150 Å². The number of nitrogens with zero attached hydrogens (tertiary/aromatic N) is 12. The Labute approximate surface area is 600 Å². The minimum absolute atomic E-state index is 0. The number of fused-ring (bicyclic) bond motifs is 12. The Bertz CT molecular complexity index is 2000. The second-order valence-corrected chi connectivity index (χ2v) is 26.8. The summed E-state index contributed by atoms with van der Waals surface area (Å²) in [6, 6.07) is 21.1. The van der Waals surface area contributed by atoms with Crippen LogP contribution >= 0.6 is 67.8 Å². The molecule has 84 heavy (non-hydrogen) atoms. The lowest BCUT2D eigenvalue weighted by atomic mass is 10.1. The highest BCUT2D eigenvalue weighted by Crippen LogP contribution is 2.23. The molecule has 0 aromatic heterocycles. The number of guanidine groups is 3. The van der Waals surface area contributed by atoms with E-state index in [1.165, 1.54) is 272 Å². The van der Waals surface area contributed by atoms with Gasteiger partial charge in [-0.2, -0.15) is 10.3 Å². The lowest BCUT2D eigenvalue weighted by Gasteiger charge is -2.50. The molecule has 12 heterocycles. The van der Waals surface area contributed by atoms with Crippen molar-refractivity contribution >= 4 is 85.7 Å². The molecule has 8 bridgehead atoms. The van der Waals surface area contributed by atoms with Crippen LogP contribution in [0.5, 0.6) is 0 Å². The Kier molecular flexibility index (Phi) is 44.7. The van der Waals surface area contributed by atoms with Crippen molar-refractivity contribution in [1.82, 2.24) is 34.7 Å². The average Bonchev–Trinajstić information content (AvgIpc) is 3.11. The van der Waals surface area contributed by atoms with Gasteiger partial charge in [-0.25, -0.2) is 0 Å². The summed E-state index contributed by atoms with van der Waals surface area (Å²) >= 11 is 7.34. The van der Waals surface area contributed by atoms with Crippen molar-refractivity contribution in [2.75, 3.05) is 216 Å². The molecule has 0 aliphatic carbocycles. The van der Waals surface area contributed by atoms with Crippen molar-refractivity contribution in [3.05, 3.63) is 71.8 Å². The number of halogens is 6. The molecule has 14 rings (SSSR count). The number of aliphatic imine (C=N–C) groups is 2. The smallest absolute Gasteiger partial charge is 0.221 e. The van der Waals surface area contributed by atoms with Gasteiger partial charge in [-0.05, 0) is 75.9 Å². The Morgan fingerprint density at radius 2 is 0.833 bits per heavy atom. The summed E-state index contributed by atoms with van der Waals surface area (Å²) in [4.78, 5) is 21.8. The van der Waals surface area contributed by atoms with Crippen molar-refractivity contribution in [1.29, 1.82) is 10.7 Å². The predicted octanol–water partition coefficient (Wildman–Crippen LogP) is -4.23.